The zero-order valence-electron chi connectivity index (χ0n) is 11.3. The van der Waals surface area contributed by atoms with Crippen molar-refractivity contribution in [3.05, 3.63) is 6.07 Å². The average molecular weight is 267 g/mol. The Hall–Kier alpha value is -1.01. The van der Waals surface area contributed by atoms with Gasteiger partial charge in [-0.3, -0.25) is 0 Å². The summed E-state index contributed by atoms with van der Waals surface area (Å²) in [6.45, 7) is 5.45. The number of thioether (sulfide) groups is 1. The Labute approximate surface area is 113 Å². The van der Waals surface area contributed by atoms with E-state index in [1.807, 2.05) is 12.3 Å². The summed E-state index contributed by atoms with van der Waals surface area (Å²) < 4.78 is 0. The topological polar surface area (TPSA) is 58.3 Å². The van der Waals surface area contributed by atoms with Gasteiger partial charge in [-0.1, -0.05) is 11.8 Å². The number of hydrogen-bond acceptors (Lipinski definition) is 6. The van der Waals surface area contributed by atoms with Crippen LogP contribution >= 0.6 is 11.8 Å². The van der Waals surface area contributed by atoms with Crippen LogP contribution in [0.2, 0.25) is 0 Å². The predicted molar refractivity (Wildman–Crippen MR) is 77.1 cm³/mol. The third kappa shape index (κ3) is 3.05. The van der Waals surface area contributed by atoms with Gasteiger partial charge in [0.2, 0.25) is 0 Å². The van der Waals surface area contributed by atoms with E-state index in [1.165, 1.54) is 11.8 Å². The smallest absolute Gasteiger partial charge is 0.191 e. The van der Waals surface area contributed by atoms with Gasteiger partial charge in [-0.05, 0) is 33.2 Å². The van der Waals surface area contributed by atoms with Crippen molar-refractivity contribution in [2.24, 2.45) is 0 Å². The Morgan fingerprint density at radius 3 is 2.89 bits per heavy atom. The van der Waals surface area contributed by atoms with Crippen molar-refractivity contribution >= 4 is 23.4 Å². The summed E-state index contributed by atoms with van der Waals surface area (Å²) in [4.78, 5) is 13.5. The molecule has 0 spiro atoms. The minimum Gasteiger partial charge on any atom is -0.383 e. The van der Waals surface area contributed by atoms with E-state index < -0.39 is 0 Å². The second-order valence-corrected chi connectivity index (χ2v) is 5.57. The molecule has 18 heavy (non-hydrogen) atoms. The van der Waals surface area contributed by atoms with Crippen LogP contribution in [0.15, 0.2) is 11.2 Å². The third-order valence-electron chi connectivity index (χ3n) is 3.24. The highest BCUT2D eigenvalue weighted by Crippen LogP contribution is 2.22. The molecule has 1 aromatic heterocycles. The van der Waals surface area contributed by atoms with E-state index in [2.05, 4.69) is 33.7 Å². The molecule has 1 aliphatic heterocycles. The number of aromatic nitrogens is 2. The van der Waals surface area contributed by atoms with Crippen LogP contribution in [0.25, 0.3) is 0 Å². The van der Waals surface area contributed by atoms with Crippen LogP contribution in [0.4, 0.5) is 11.6 Å². The monoisotopic (exact) mass is 267 g/mol. The first-order valence-electron chi connectivity index (χ1n) is 6.24. The SMILES string of the molecule is CSc1nc(N)cc(N2CCCN(C)CC2C)n1. The third-order valence-corrected chi connectivity index (χ3v) is 3.78. The molecule has 1 fully saturated rings. The van der Waals surface area contributed by atoms with Gasteiger partial charge in [0.25, 0.3) is 0 Å². The van der Waals surface area contributed by atoms with Gasteiger partial charge in [0.1, 0.15) is 11.6 Å². The summed E-state index contributed by atoms with van der Waals surface area (Å²) in [6, 6.07) is 2.32. The molecule has 1 saturated heterocycles. The van der Waals surface area contributed by atoms with E-state index in [9.17, 15) is 0 Å². The molecule has 0 bridgehead atoms. The van der Waals surface area contributed by atoms with Gasteiger partial charge in [-0.2, -0.15) is 0 Å². The minimum absolute atomic E-state index is 0.446. The number of nitrogen functional groups attached to an aromatic ring is 1. The Morgan fingerprint density at radius 1 is 1.39 bits per heavy atom. The Bertz CT molecular complexity index is 411. The first-order valence-corrected chi connectivity index (χ1v) is 7.46. The molecule has 2 N–H and O–H groups in total. The van der Waals surface area contributed by atoms with Crippen molar-refractivity contribution < 1.29 is 0 Å². The molecule has 6 heteroatoms. The molecule has 0 amide bonds. The molecule has 1 atom stereocenters. The maximum atomic E-state index is 5.85. The lowest BCUT2D eigenvalue weighted by atomic mass is 10.2. The van der Waals surface area contributed by atoms with E-state index in [0.717, 1.165) is 37.0 Å². The van der Waals surface area contributed by atoms with Crippen LogP contribution in [0.5, 0.6) is 0 Å². The van der Waals surface area contributed by atoms with E-state index >= 15 is 0 Å². The molecule has 0 radical (unpaired) electrons. The van der Waals surface area contributed by atoms with Crippen LogP contribution in [-0.2, 0) is 0 Å². The highest BCUT2D eigenvalue weighted by atomic mass is 32.2. The second kappa shape index (κ2) is 5.75. The van der Waals surface area contributed by atoms with Gasteiger partial charge in [-0.25, -0.2) is 9.97 Å². The lowest BCUT2D eigenvalue weighted by Gasteiger charge is -2.29. The molecule has 0 aliphatic carbocycles. The summed E-state index contributed by atoms with van der Waals surface area (Å²) >= 11 is 1.53. The molecule has 2 heterocycles. The second-order valence-electron chi connectivity index (χ2n) is 4.80. The van der Waals surface area contributed by atoms with E-state index in [4.69, 9.17) is 5.73 Å². The van der Waals surface area contributed by atoms with E-state index in [1.54, 1.807) is 0 Å². The lowest BCUT2D eigenvalue weighted by Crippen LogP contribution is -2.38. The van der Waals surface area contributed by atoms with Gasteiger partial charge in [-0.15, -0.1) is 0 Å². The molecule has 2 rings (SSSR count). The number of hydrogen-bond donors (Lipinski definition) is 1. The fraction of sp³-hybridized carbons (Fsp3) is 0.667. The molecule has 1 aromatic rings. The van der Waals surface area contributed by atoms with Crippen molar-refractivity contribution in [3.63, 3.8) is 0 Å². The molecule has 1 unspecified atom stereocenters. The van der Waals surface area contributed by atoms with Crippen molar-refractivity contribution in [2.75, 3.05) is 43.6 Å². The first-order chi connectivity index (χ1) is 8.60. The number of rotatable bonds is 2. The van der Waals surface area contributed by atoms with Crippen LogP contribution in [0.3, 0.4) is 0 Å². The average Bonchev–Trinajstić information content (AvgIpc) is 2.49. The fourth-order valence-electron chi connectivity index (χ4n) is 2.38. The molecule has 1 aliphatic rings. The minimum atomic E-state index is 0.446. The predicted octanol–water partition coefficient (Wildman–Crippen LogP) is 1.31. The molecule has 5 nitrogen and oxygen atoms in total. The van der Waals surface area contributed by atoms with Crippen LogP contribution in [0.1, 0.15) is 13.3 Å². The zero-order valence-corrected chi connectivity index (χ0v) is 12.1. The van der Waals surface area contributed by atoms with Gasteiger partial charge in [0, 0.05) is 25.2 Å². The number of nitrogens with two attached hydrogens (primary N) is 1. The molecule has 0 aromatic carbocycles. The molecular formula is C12H21N5S. The van der Waals surface area contributed by atoms with Gasteiger partial charge < -0.3 is 15.5 Å². The van der Waals surface area contributed by atoms with Crippen LogP contribution in [-0.4, -0.2) is 53.8 Å². The number of nitrogens with zero attached hydrogens (tertiary/aromatic N) is 4. The van der Waals surface area contributed by atoms with Crippen molar-refractivity contribution in [1.82, 2.24) is 14.9 Å². The highest BCUT2D eigenvalue weighted by molar-refractivity contribution is 7.98. The first kappa shape index (κ1) is 13.4. The van der Waals surface area contributed by atoms with E-state index in [0.29, 0.717) is 11.9 Å². The van der Waals surface area contributed by atoms with Gasteiger partial charge >= 0.3 is 0 Å². The van der Waals surface area contributed by atoms with Crippen LogP contribution in [0, 0.1) is 0 Å². The van der Waals surface area contributed by atoms with Gasteiger partial charge in [0.05, 0.1) is 0 Å². The van der Waals surface area contributed by atoms with Crippen molar-refractivity contribution in [2.45, 2.75) is 24.5 Å². The molecular weight excluding hydrogens is 246 g/mol. The van der Waals surface area contributed by atoms with E-state index in [-0.39, 0.29) is 0 Å². The number of anilines is 2. The lowest BCUT2D eigenvalue weighted by molar-refractivity contribution is 0.337. The van der Waals surface area contributed by atoms with Gasteiger partial charge in [0.15, 0.2) is 5.16 Å². The fourth-order valence-corrected chi connectivity index (χ4v) is 2.76. The summed E-state index contributed by atoms with van der Waals surface area (Å²) in [5.41, 5.74) is 5.85. The zero-order chi connectivity index (χ0) is 13.1. The quantitative estimate of drug-likeness (QED) is 0.644. The molecule has 100 valence electrons. The summed E-state index contributed by atoms with van der Waals surface area (Å²) in [5, 5.41) is 0.745. The number of likely N-dealkylation sites (N-methyl/N-ethyl adjacent to an activating group) is 1. The Morgan fingerprint density at radius 2 is 2.17 bits per heavy atom. The summed E-state index contributed by atoms with van der Waals surface area (Å²) in [7, 11) is 2.17. The maximum absolute atomic E-state index is 5.85. The van der Waals surface area contributed by atoms with Crippen molar-refractivity contribution in [1.29, 1.82) is 0 Å². The maximum Gasteiger partial charge on any atom is 0.191 e. The summed E-state index contributed by atoms with van der Waals surface area (Å²) in [5.74, 6) is 1.50. The highest BCUT2D eigenvalue weighted by Gasteiger charge is 2.21. The van der Waals surface area contributed by atoms with Crippen LogP contribution < -0.4 is 10.6 Å². The standard InChI is InChI=1S/C12H21N5S/c1-9-8-16(2)5-4-6-17(9)11-7-10(13)14-12(15-11)18-3/h7,9H,4-6,8H2,1-3H3,(H2,13,14,15). The van der Waals surface area contributed by atoms with Crippen molar-refractivity contribution in [3.8, 4) is 0 Å². The molecule has 0 saturated carbocycles. The Balaban J connectivity index is 2.26. The normalized spacial score (nSPS) is 21.9. The largest absolute Gasteiger partial charge is 0.383 e. The summed E-state index contributed by atoms with van der Waals surface area (Å²) in [6.07, 6.45) is 3.12. The Kier molecular flexibility index (Phi) is 4.29.